The Morgan fingerprint density at radius 3 is 2.50 bits per heavy atom. The summed E-state index contributed by atoms with van der Waals surface area (Å²) in [4.78, 5) is 22.1. The number of carbonyl (C=O) groups is 1. The molecule has 3 heterocycles. The molecule has 34 heavy (non-hydrogen) atoms. The van der Waals surface area contributed by atoms with Gasteiger partial charge in [-0.15, -0.1) is 0 Å². The molecule has 2 unspecified atom stereocenters. The van der Waals surface area contributed by atoms with Crippen LogP contribution in [0.3, 0.4) is 0 Å². The number of carbonyl (C=O) groups excluding carboxylic acids is 1. The zero-order valence-electron chi connectivity index (χ0n) is 19.6. The summed E-state index contributed by atoms with van der Waals surface area (Å²) in [6, 6.07) is 6.51. The van der Waals surface area contributed by atoms with Gasteiger partial charge in [0.25, 0.3) is 12.3 Å². The van der Waals surface area contributed by atoms with Crippen molar-refractivity contribution in [2.75, 3.05) is 39.3 Å². The van der Waals surface area contributed by atoms with Gasteiger partial charge in [0.05, 0.1) is 6.04 Å². The van der Waals surface area contributed by atoms with E-state index in [9.17, 15) is 13.6 Å². The van der Waals surface area contributed by atoms with Crippen LogP contribution in [0.4, 0.5) is 8.78 Å². The zero-order chi connectivity index (χ0) is 23.7. The third-order valence-electron chi connectivity index (χ3n) is 7.44. The molecule has 0 bridgehead atoms. The largest absolute Gasteiger partial charge is 0.337 e. The van der Waals surface area contributed by atoms with Gasteiger partial charge in [0, 0.05) is 49.9 Å². The quantitative estimate of drug-likeness (QED) is 0.696. The minimum atomic E-state index is -2.44. The van der Waals surface area contributed by atoms with E-state index >= 15 is 0 Å². The van der Waals surface area contributed by atoms with E-state index in [2.05, 4.69) is 34.6 Å². The lowest BCUT2D eigenvalue weighted by atomic mass is 9.82. The number of allylic oxidation sites excluding steroid dienone is 2. The number of benzene rings is 1. The van der Waals surface area contributed by atoms with E-state index in [1.165, 1.54) is 17.7 Å². The molecule has 1 aromatic carbocycles. The number of piperidine rings is 1. The molecule has 8 heteroatoms. The van der Waals surface area contributed by atoms with Gasteiger partial charge in [-0.25, -0.2) is 8.78 Å². The molecular formula is C26H33F2N5O. The van der Waals surface area contributed by atoms with Gasteiger partial charge in [-0.3, -0.25) is 14.7 Å². The summed E-state index contributed by atoms with van der Waals surface area (Å²) in [5, 5.41) is 6.77. The van der Waals surface area contributed by atoms with Gasteiger partial charge in [-0.05, 0) is 49.1 Å². The summed E-state index contributed by atoms with van der Waals surface area (Å²) in [7, 11) is 0. The average molecular weight is 470 g/mol. The summed E-state index contributed by atoms with van der Waals surface area (Å²) in [5.74, 6) is 1.28. The molecule has 1 amide bonds. The highest BCUT2D eigenvalue weighted by Crippen LogP contribution is 2.33. The number of amides is 1. The van der Waals surface area contributed by atoms with Crippen molar-refractivity contribution in [3.63, 3.8) is 0 Å². The Morgan fingerprint density at radius 2 is 1.82 bits per heavy atom. The fourth-order valence-electron chi connectivity index (χ4n) is 5.40. The monoisotopic (exact) mass is 469 g/mol. The number of nitrogens with zero attached hydrogens (tertiary/aromatic N) is 3. The van der Waals surface area contributed by atoms with Crippen molar-refractivity contribution in [3.05, 3.63) is 58.8 Å². The fourth-order valence-corrected chi connectivity index (χ4v) is 5.40. The van der Waals surface area contributed by atoms with E-state index in [0.29, 0.717) is 31.4 Å². The minimum absolute atomic E-state index is 0.00177. The van der Waals surface area contributed by atoms with Crippen LogP contribution in [-0.2, 0) is 11.3 Å². The lowest BCUT2D eigenvalue weighted by molar-refractivity contribution is -0.126. The van der Waals surface area contributed by atoms with Gasteiger partial charge in [-0.1, -0.05) is 37.3 Å². The molecule has 0 radical (unpaired) electrons. The van der Waals surface area contributed by atoms with E-state index in [0.717, 1.165) is 50.3 Å². The van der Waals surface area contributed by atoms with Crippen molar-refractivity contribution < 1.29 is 13.6 Å². The Kier molecular flexibility index (Phi) is 6.79. The van der Waals surface area contributed by atoms with Crippen LogP contribution in [0.1, 0.15) is 37.3 Å². The number of amidine groups is 1. The molecule has 2 fully saturated rings. The molecule has 2 N–H and O–H groups in total. The Morgan fingerprint density at radius 1 is 1.12 bits per heavy atom. The predicted octanol–water partition coefficient (Wildman–Crippen LogP) is 3.10. The third kappa shape index (κ3) is 4.93. The number of nitrogens with one attached hydrogen (secondary N) is 2. The number of rotatable bonds is 5. The van der Waals surface area contributed by atoms with Crippen LogP contribution in [0.5, 0.6) is 0 Å². The zero-order valence-corrected chi connectivity index (χ0v) is 19.6. The fraction of sp³-hybridized carbons (Fsp3) is 0.538. The van der Waals surface area contributed by atoms with Crippen molar-refractivity contribution in [2.24, 2.45) is 16.8 Å². The minimum Gasteiger partial charge on any atom is -0.337 e. The van der Waals surface area contributed by atoms with Crippen LogP contribution in [0, 0.1) is 11.8 Å². The molecule has 1 aromatic rings. The molecule has 1 aliphatic carbocycles. The van der Waals surface area contributed by atoms with Gasteiger partial charge in [0.2, 0.25) is 0 Å². The van der Waals surface area contributed by atoms with E-state index < -0.39 is 6.43 Å². The Bertz CT molecular complexity index is 989. The molecular weight excluding hydrogens is 436 g/mol. The first-order valence-corrected chi connectivity index (χ1v) is 12.4. The number of hydrogen-bond acceptors (Lipinski definition) is 5. The summed E-state index contributed by atoms with van der Waals surface area (Å²) in [6.07, 6.45) is 4.43. The molecule has 182 valence electrons. The lowest BCUT2D eigenvalue weighted by Gasteiger charge is -2.34. The molecule has 4 aliphatic rings. The Labute approximate surface area is 199 Å². The molecule has 2 atom stereocenters. The van der Waals surface area contributed by atoms with Crippen LogP contribution in [0.15, 0.2) is 52.7 Å². The van der Waals surface area contributed by atoms with E-state index in [1.54, 1.807) is 12.1 Å². The van der Waals surface area contributed by atoms with Crippen molar-refractivity contribution in [2.45, 2.75) is 38.8 Å². The number of aliphatic imine (C=N–C) groups is 1. The van der Waals surface area contributed by atoms with Gasteiger partial charge < -0.3 is 15.5 Å². The predicted molar refractivity (Wildman–Crippen MR) is 129 cm³/mol. The van der Waals surface area contributed by atoms with Gasteiger partial charge >= 0.3 is 0 Å². The maximum absolute atomic E-state index is 13.2. The SMILES string of the molecule is CC1C=C(C2CCNCC2)C=C2NC(C(=O)N3CCN(Cc4ccc(C(F)F)cc4)CC3)=NC21. The second-order valence-corrected chi connectivity index (χ2v) is 9.81. The molecule has 5 rings (SSSR count). The van der Waals surface area contributed by atoms with Crippen LogP contribution in [-0.4, -0.2) is 66.9 Å². The molecule has 2 saturated heterocycles. The van der Waals surface area contributed by atoms with Crippen LogP contribution < -0.4 is 10.6 Å². The van der Waals surface area contributed by atoms with Crippen molar-refractivity contribution in [1.29, 1.82) is 0 Å². The Balaban J connectivity index is 1.15. The maximum atomic E-state index is 13.2. The average Bonchev–Trinajstić information content (AvgIpc) is 3.30. The molecule has 6 nitrogen and oxygen atoms in total. The van der Waals surface area contributed by atoms with E-state index in [-0.39, 0.29) is 23.4 Å². The summed E-state index contributed by atoms with van der Waals surface area (Å²) < 4.78 is 25.5. The highest BCUT2D eigenvalue weighted by molar-refractivity contribution is 6.38. The van der Waals surface area contributed by atoms with Crippen molar-refractivity contribution in [1.82, 2.24) is 20.4 Å². The number of hydrogen-bond donors (Lipinski definition) is 2. The third-order valence-corrected chi connectivity index (χ3v) is 7.44. The highest BCUT2D eigenvalue weighted by Gasteiger charge is 2.36. The summed E-state index contributed by atoms with van der Waals surface area (Å²) >= 11 is 0. The smallest absolute Gasteiger partial charge is 0.289 e. The van der Waals surface area contributed by atoms with Gasteiger partial charge in [-0.2, -0.15) is 0 Å². The summed E-state index contributed by atoms with van der Waals surface area (Å²) in [6.45, 7) is 7.76. The van der Waals surface area contributed by atoms with Crippen LogP contribution >= 0.6 is 0 Å². The van der Waals surface area contributed by atoms with E-state index in [4.69, 9.17) is 4.99 Å². The van der Waals surface area contributed by atoms with Crippen LogP contribution in [0.25, 0.3) is 0 Å². The number of alkyl halides is 2. The van der Waals surface area contributed by atoms with E-state index in [1.807, 2.05) is 4.90 Å². The Hall–Kier alpha value is -2.58. The maximum Gasteiger partial charge on any atom is 0.289 e. The second kappa shape index (κ2) is 9.96. The first-order valence-electron chi connectivity index (χ1n) is 12.4. The molecule has 0 spiro atoms. The number of fused-ring (bicyclic) bond motifs is 1. The lowest BCUT2D eigenvalue weighted by Crippen LogP contribution is -2.51. The van der Waals surface area contributed by atoms with Crippen molar-refractivity contribution in [3.8, 4) is 0 Å². The highest BCUT2D eigenvalue weighted by atomic mass is 19.3. The summed E-state index contributed by atoms with van der Waals surface area (Å²) in [5.41, 5.74) is 3.49. The molecule has 3 aliphatic heterocycles. The van der Waals surface area contributed by atoms with Gasteiger partial charge in [0.1, 0.15) is 0 Å². The first kappa shape index (κ1) is 23.2. The van der Waals surface area contributed by atoms with Gasteiger partial charge in [0.15, 0.2) is 5.84 Å². The number of halogens is 2. The molecule has 0 aromatic heterocycles. The normalized spacial score (nSPS) is 26.0. The molecule has 0 saturated carbocycles. The van der Waals surface area contributed by atoms with Crippen LogP contribution in [0.2, 0.25) is 0 Å². The standard InChI is InChI=1S/C26H33F2N5O/c1-17-14-21(19-6-8-29-9-7-19)15-22-23(17)31-25(30-22)26(34)33-12-10-32(11-13-33)16-18-2-4-20(5-3-18)24(27)28/h2-5,14-15,17,19,23-24,29H,6-13,16H2,1H3,(H,30,31). The number of piperazine rings is 1. The second-order valence-electron chi connectivity index (χ2n) is 9.81. The first-order chi connectivity index (χ1) is 16.5. The topological polar surface area (TPSA) is 60.0 Å². The van der Waals surface area contributed by atoms with Crippen molar-refractivity contribution >= 4 is 11.7 Å².